The van der Waals surface area contributed by atoms with Crippen LogP contribution in [0.25, 0.3) is 0 Å². The van der Waals surface area contributed by atoms with E-state index >= 15 is 0 Å². The number of benzene rings is 1. The van der Waals surface area contributed by atoms with Gasteiger partial charge in [-0.15, -0.1) is 0 Å². The molecule has 4 rings (SSSR count). The summed E-state index contributed by atoms with van der Waals surface area (Å²) in [6, 6.07) is 7.91. The lowest BCUT2D eigenvalue weighted by Gasteiger charge is -2.41. The summed E-state index contributed by atoms with van der Waals surface area (Å²) in [4.78, 5) is 52.6. The SMILES string of the molecule is CCOC(=O)c1cccc(NC(=O)c2cc3n(n2)CC(C)(C(=O)NC2CCCCC2)N(C)C3=O)c1. The van der Waals surface area contributed by atoms with Crippen LogP contribution in [0.3, 0.4) is 0 Å². The molecule has 3 amide bonds. The van der Waals surface area contributed by atoms with E-state index in [1.165, 1.54) is 28.1 Å². The van der Waals surface area contributed by atoms with Gasteiger partial charge >= 0.3 is 5.97 Å². The van der Waals surface area contributed by atoms with E-state index in [0.717, 1.165) is 25.7 Å². The average Bonchev–Trinajstić information content (AvgIpc) is 3.27. The zero-order valence-corrected chi connectivity index (χ0v) is 20.3. The number of esters is 1. The number of nitrogens with zero attached hydrogens (tertiary/aromatic N) is 3. The van der Waals surface area contributed by atoms with Crippen LogP contribution in [0.5, 0.6) is 0 Å². The van der Waals surface area contributed by atoms with Crippen LogP contribution in [0.2, 0.25) is 0 Å². The van der Waals surface area contributed by atoms with Gasteiger partial charge in [-0.05, 0) is 44.9 Å². The number of carbonyl (C=O) groups excluding carboxylic acids is 4. The number of fused-ring (bicyclic) bond motifs is 1. The van der Waals surface area contributed by atoms with Crippen molar-refractivity contribution in [2.75, 3.05) is 19.0 Å². The van der Waals surface area contributed by atoms with Crippen LogP contribution in [-0.4, -0.2) is 63.6 Å². The van der Waals surface area contributed by atoms with Gasteiger partial charge in [0.2, 0.25) is 5.91 Å². The molecule has 2 N–H and O–H groups in total. The smallest absolute Gasteiger partial charge is 0.338 e. The maximum atomic E-state index is 13.2. The lowest BCUT2D eigenvalue weighted by molar-refractivity contribution is -0.133. The Labute approximate surface area is 204 Å². The van der Waals surface area contributed by atoms with Gasteiger partial charge in [0.25, 0.3) is 11.8 Å². The van der Waals surface area contributed by atoms with Gasteiger partial charge in [0.15, 0.2) is 5.69 Å². The summed E-state index contributed by atoms with van der Waals surface area (Å²) in [5, 5.41) is 10.1. The van der Waals surface area contributed by atoms with Crippen LogP contribution in [0.15, 0.2) is 30.3 Å². The van der Waals surface area contributed by atoms with Gasteiger partial charge in [0.1, 0.15) is 11.2 Å². The number of hydrogen-bond acceptors (Lipinski definition) is 6. The summed E-state index contributed by atoms with van der Waals surface area (Å²) in [6.07, 6.45) is 5.22. The molecule has 35 heavy (non-hydrogen) atoms. The lowest BCUT2D eigenvalue weighted by atomic mass is 9.92. The van der Waals surface area contributed by atoms with Crippen molar-refractivity contribution < 1.29 is 23.9 Å². The van der Waals surface area contributed by atoms with Gasteiger partial charge < -0.3 is 20.3 Å². The molecule has 1 aliphatic carbocycles. The summed E-state index contributed by atoms with van der Waals surface area (Å²) < 4.78 is 6.42. The average molecular weight is 482 g/mol. The molecule has 2 heterocycles. The number of rotatable bonds is 6. The Kier molecular flexibility index (Phi) is 6.90. The summed E-state index contributed by atoms with van der Waals surface area (Å²) in [5.41, 5.74) is -0.145. The van der Waals surface area contributed by atoms with Crippen molar-refractivity contribution in [2.24, 2.45) is 0 Å². The Morgan fingerprint density at radius 2 is 1.91 bits per heavy atom. The van der Waals surface area contributed by atoms with Crippen LogP contribution in [0.4, 0.5) is 5.69 Å². The molecule has 10 nitrogen and oxygen atoms in total. The first kappa shape index (κ1) is 24.4. The van der Waals surface area contributed by atoms with E-state index in [1.807, 2.05) is 0 Å². The Hall–Kier alpha value is -3.69. The minimum Gasteiger partial charge on any atom is -0.462 e. The third kappa shape index (κ3) is 4.91. The molecule has 0 spiro atoms. The number of anilines is 1. The minimum atomic E-state index is -1.13. The predicted octanol–water partition coefficient (Wildman–Crippen LogP) is 2.61. The Morgan fingerprint density at radius 3 is 2.63 bits per heavy atom. The van der Waals surface area contributed by atoms with Crippen molar-refractivity contribution >= 4 is 29.4 Å². The van der Waals surface area contributed by atoms with Crippen molar-refractivity contribution in [3.05, 3.63) is 47.3 Å². The van der Waals surface area contributed by atoms with Crippen LogP contribution < -0.4 is 10.6 Å². The summed E-state index contributed by atoms with van der Waals surface area (Å²) in [7, 11) is 1.60. The monoisotopic (exact) mass is 481 g/mol. The van der Waals surface area contributed by atoms with Crippen LogP contribution in [0.1, 0.15) is 77.3 Å². The molecule has 1 unspecified atom stereocenters. The van der Waals surface area contributed by atoms with Crippen molar-refractivity contribution in [1.29, 1.82) is 0 Å². The number of amides is 3. The maximum Gasteiger partial charge on any atom is 0.338 e. The number of hydrogen-bond donors (Lipinski definition) is 2. The van der Waals surface area contributed by atoms with Crippen molar-refractivity contribution in [2.45, 2.75) is 64.1 Å². The van der Waals surface area contributed by atoms with Crippen LogP contribution in [0, 0.1) is 0 Å². The molecule has 186 valence electrons. The molecule has 2 aliphatic rings. The normalized spacial score (nSPS) is 20.2. The predicted molar refractivity (Wildman–Crippen MR) is 128 cm³/mol. The van der Waals surface area contributed by atoms with E-state index in [2.05, 4.69) is 15.7 Å². The molecule has 0 radical (unpaired) electrons. The second-order valence-corrected chi connectivity index (χ2v) is 9.27. The molecule has 10 heteroatoms. The second-order valence-electron chi connectivity index (χ2n) is 9.27. The molecule has 1 saturated carbocycles. The summed E-state index contributed by atoms with van der Waals surface area (Å²) in [6.45, 7) is 3.81. The zero-order chi connectivity index (χ0) is 25.2. The van der Waals surface area contributed by atoms with Gasteiger partial charge in [-0.1, -0.05) is 25.3 Å². The number of carbonyl (C=O) groups is 4. The van der Waals surface area contributed by atoms with Gasteiger partial charge in [-0.2, -0.15) is 5.10 Å². The Bertz CT molecular complexity index is 1150. The van der Waals surface area contributed by atoms with E-state index in [9.17, 15) is 19.2 Å². The van der Waals surface area contributed by atoms with Crippen molar-refractivity contribution in [3.63, 3.8) is 0 Å². The molecule has 1 atom stereocenters. The van der Waals surface area contributed by atoms with E-state index in [1.54, 1.807) is 39.1 Å². The first-order chi connectivity index (χ1) is 16.7. The van der Waals surface area contributed by atoms with E-state index < -0.39 is 17.4 Å². The number of ether oxygens (including phenoxy) is 1. The minimum absolute atomic E-state index is 0.0419. The highest BCUT2D eigenvalue weighted by atomic mass is 16.5. The molecule has 1 fully saturated rings. The van der Waals surface area contributed by atoms with Gasteiger partial charge in [-0.25, -0.2) is 4.79 Å². The van der Waals surface area contributed by atoms with Gasteiger partial charge in [-0.3, -0.25) is 19.1 Å². The fraction of sp³-hybridized carbons (Fsp3) is 0.480. The lowest BCUT2D eigenvalue weighted by Crippen LogP contribution is -2.63. The molecule has 0 saturated heterocycles. The number of nitrogens with one attached hydrogen (secondary N) is 2. The van der Waals surface area contributed by atoms with Crippen LogP contribution in [-0.2, 0) is 16.1 Å². The molecule has 1 aliphatic heterocycles. The Balaban J connectivity index is 1.50. The zero-order valence-electron chi connectivity index (χ0n) is 20.3. The van der Waals surface area contributed by atoms with Crippen molar-refractivity contribution in [3.8, 4) is 0 Å². The summed E-state index contributed by atoms with van der Waals surface area (Å²) >= 11 is 0. The third-order valence-electron chi connectivity index (χ3n) is 6.80. The second kappa shape index (κ2) is 9.89. The topological polar surface area (TPSA) is 123 Å². The fourth-order valence-corrected chi connectivity index (χ4v) is 4.56. The number of likely N-dealkylation sites (N-methyl/N-ethyl adjacent to an activating group) is 1. The van der Waals surface area contributed by atoms with E-state index in [4.69, 9.17) is 4.74 Å². The molecule has 1 aromatic carbocycles. The highest BCUT2D eigenvalue weighted by Gasteiger charge is 2.46. The molecule has 2 aromatic rings. The van der Waals surface area contributed by atoms with Gasteiger partial charge in [0.05, 0.1) is 18.7 Å². The first-order valence-electron chi connectivity index (χ1n) is 12.0. The van der Waals surface area contributed by atoms with E-state index in [-0.39, 0.29) is 42.4 Å². The molecular formula is C25H31N5O5. The van der Waals surface area contributed by atoms with Crippen molar-refractivity contribution in [1.82, 2.24) is 20.0 Å². The Morgan fingerprint density at radius 1 is 1.17 bits per heavy atom. The largest absolute Gasteiger partial charge is 0.462 e. The highest BCUT2D eigenvalue weighted by molar-refractivity contribution is 6.06. The summed E-state index contributed by atoms with van der Waals surface area (Å²) in [5.74, 6) is -1.62. The quantitative estimate of drug-likeness (QED) is 0.612. The number of aromatic nitrogens is 2. The standard InChI is InChI=1S/C25H31N5O5/c1-4-35-23(33)16-9-8-12-18(13-16)26-21(31)19-14-20-22(32)29(3)25(2,15-30(20)28-19)24(34)27-17-10-6-5-7-11-17/h8-9,12-14,17H,4-7,10-11,15H2,1-3H3,(H,26,31)(H,27,34). The molecule has 0 bridgehead atoms. The molecular weight excluding hydrogens is 450 g/mol. The van der Waals surface area contributed by atoms with E-state index in [0.29, 0.717) is 11.3 Å². The highest BCUT2D eigenvalue weighted by Crippen LogP contribution is 2.27. The first-order valence-corrected chi connectivity index (χ1v) is 12.0. The fourth-order valence-electron chi connectivity index (χ4n) is 4.56. The van der Waals surface area contributed by atoms with Gasteiger partial charge in [0, 0.05) is 24.8 Å². The molecule has 1 aromatic heterocycles. The third-order valence-corrected chi connectivity index (χ3v) is 6.80. The van der Waals surface area contributed by atoms with Crippen LogP contribution >= 0.6 is 0 Å². The maximum absolute atomic E-state index is 13.2.